The maximum Gasteiger partial charge on any atom is 0.226 e. The van der Waals surface area contributed by atoms with Crippen molar-refractivity contribution in [1.29, 1.82) is 0 Å². The summed E-state index contributed by atoms with van der Waals surface area (Å²) in [5, 5.41) is 7.53. The third-order valence-corrected chi connectivity index (χ3v) is 4.80. The minimum Gasteiger partial charge on any atom is -0.377 e. The molecule has 2 aliphatic rings. The lowest BCUT2D eigenvalue weighted by Crippen LogP contribution is -2.54. The minimum absolute atomic E-state index is 0.0361. The molecule has 2 fully saturated rings. The summed E-state index contributed by atoms with van der Waals surface area (Å²) in [6, 6.07) is 0.503. The first kappa shape index (κ1) is 14.1. The first-order valence-electron chi connectivity index (χ1n) is 7.62. The number of rotatable bonds is 2. The number of hydrogen-bond acceptors (Lipinski definition) is 4. The highest BCUT2D eigenvalue weighted by atomic mass is 32.1. The first-order chi connectivity index (χ1) is 9.59. The Morgan fingerprint density at radius 3 is 2.75 bits per heavy atom. The fraction of sp³-hybridized carbons (Fsp3) is 0.857. The van der Waals surface area contributed by atoms with Crippen LogP contribution in [0.15, 0.2) is 0 Å². The highest BCUT2D eigenvalue weighted by Crippen LogP contribution is 2.33. The molecule has 1 aromatic heterocycles. The van der Waals surface area contributed by atoms with Crippen molar-refractivity contribution in [3.8, 4) is 0 Å². The summed E-state index contributed by atoms with van der Waals surface area (Å²) in [5.74, 6) is 0.996. The van der Waals surface area contributed by atoms with Crippen LogP contribution >= 0.6 is 12.2 Å². The molecular weight excluding hydrogens is 272 g/mol. The molecule has 0 radical (unpaired) electrons. The molecule has 0 amide bonds. The molecule has 0 aromatic carbocycles. The number of hydrogen-bond donors (Lipinski definition) is 1. The smallest absolute Gasteiger partial charge is 0.226 e. The number of ether oxygens (including phenoxy) is 1. The lowest BCUT2D eigenvalue weighted by atomic mass is 9.95. The van der Waals surface area contributed by atoms with Gasteiger partial charge in [-0.2, -0.15) is 0 Å². The van der Waals surface area contributed by atoms with Crippen LogP contribution in [-0.2, 0) is 4.74 Å². The molecule has 0 unspecified atom stereocenters. The molecule has 1 aromatic rings. The molecule has 2 heterocycles. The number of morpholine rings is 1. The van der Waals surface area contributed by atoms with E-state index in [0.717, 1.165) is 30.5 Å². The van der Waals surface area contributed by atoms with E-state index in [4.69, 9.17) is 17.0 Å². The average Bonchev–Trinajstić information content (AvgIpc) is 2.81. The maximum atomic E-state index is 5.61. The second kappa shape index (κ2) is 5.48. The first-order valence-corrected chi connectivity index (χ1v) is 8.03. The summed E-state index contributed by atoms with van der Waals surface area (Å²) < 4.78 is 8.62. The summed E-state index contributed by atoms with van der Waals surface area (Å²) in [4.78, 5) is 2.34. The van der Waals surface area contributed by atoms with Gasteiger partial charge in [0.1, 0.15) is 0 Å². The van der Waals surface area contributed by atoms with Crippen molar-refractivity contribution >= 4 is 18.2 Å². The van der Waals surface area contributed by atoms with Crippen LogP contribution in [0.5, 0.6) is 0 Å². The van der Waals surface area contributed by atoms with Crippen molar-refractivity contribution in [2.24, 2.45) is 0 Å². The van der Waals surface area contributed by atoms with Gasteiger partial charge in [-0.1, -0.05) is 19.3 Å². The van der Waals surface area contributed by atoms with E-state index < -0.39 is 0 Å². The predicted molar refractivity (Wildman–Crippen MR) is 81.8 cm³/mol. The molecule has 1 aliphatic heterocycles. The number of H-pyrrole nitrogens is 1. The van der Waals surface area contributed by atoms with Gasteiger partial charge in [-0.25, -0.2) is 5.10 Å². The molecule has 1 aliphatic carbocycles. The SMILES string of the molecule is CC1(C)COCCN1c1n[nH]c(=S)n1C1CCCCC1. The van der Waals surface area contributed by atoms with E-state index in [2.05, 4.69) is 33.5 Å². The van der Waals surface area contributed by atoms with Crippen LogP contribution in [0.1, 0.15) is 52.0 Å². The minimum atomic E-state index is -0.0361. The van der Waals surface area contributed by atoms with E-state index in [1.54, 1.807) is 0 Å². The lowest BCUT2D eigenvalue weighted by molar-refractivity contribution is 0.0626. The van der Waals surface area contributed by atoms with Crippen LogP contribution < -0.4 is 4.90 Å². The molecule has 1 saturated heterocycles. The van der Waals surface area contributed by atoms with Gasteiger partial charge in [0.25, 0.3) is 0 Å². The zero-order valence-electron chi connectivity index (χ0n) is 12.4. The zero-order valence-corrected chi connectivity index (χ0v) is 13.2. The second-order valence-electron chi connectivity index (χ2n) is 6.51. The van der Waals surface area contributed by atoms with Gasteiger partial charge in [-0.05, 0) is 38.9 Å². The Bertz CT molecular complexity index is 515. The molecule has 0 spiro atoms. The Morgan fingerprint density at radius 2 is 2.05 bits per heavy atom. The van der Waals surface area contributed by atoms with Gasteiger partial charge in [0.2, 0.25) is 5.95 Å². The average molecular weight is 296 g/mol. The van der Waals surface area contributed by atoms with Gasteiger partial charge in [0.05, 0.1) is 18.8 Å². The summed E-state index contributed by atoms with van der Waals surface area (Å²) in [6.07, 6.45) is 6.37. The second-order valence-corrected chi connectivity index (χ2v) is 6.89. The summed E-state index contributed by atoms with van der Waals surface area (Å²) >= 11 is 5.48. The Labute approximate surface area is 125 Å². The van der Waals surface area contributed by atoms with Gasteiger partial charge in [-0.15, -0.1) is 5.10 Å². The van der Waals surface area contributed by atoms with Gasteiger partial charge < -0.3 is 9.64 Å². The quantitative estimate of drug-likeness (QED) is 0.852. The van der Waals surface area contributed by atoms with Crippen molar-refractivity contribution in [2.45, 2.75) is 57.5 Å². The molecular formula is C14H24N4OS. The normalized spacial score (nSPS) is 24.0. The van der Waals surface area contributed by atoms with Crippen LogP contribution in [0.25, 0.3) is 0 Å². The van der Waals surface area contributed by atoms with Gasteiger partial charge in [-0.3, -0.25) is 4.57 Å². The molecule has 0 atom stereocenters. The van der Waals surface area contributed by atoms with E-state index in [1.807, 2.05) is 0 Å². The van der Waals surface area contributed by atoms with E-state index in [9.17, 15) is 0 Å². The number of anilines is 1. The third-order valence-electron chi connectivity index (χ3n) is 4.51. The van der Waals surface area contributed by atoms with Gasteiger partial charge in [0, 0.05) is 12.6 Å². The molecule has 3 rings (SSSR count). The van der Waals surface area contributed by atoms with Crippen molar-refractivity contribution in [2.75, 3.05) is 24.7 Å². The molecule has 0 bridgehead atoms. The summed E-state index contributed by atoms with van der Waals surface area (Å²) in [7, 11) is 0. The number of nitrogens with one attached hydrogen (secondary N) is 1. The molecule has 5 nitrogen and oxygen atoms in total. The molecule has 1 saturated carbocycles. The Kier molecular flexibility index (Phi) is 3.86. The van der Waals surface area contributed by atoms with Crippen LogP contribution in [0.4, 0.5) is 5.95 Å². The molecule has 20 heavy (non-hydrogen) atoms. The monoisotopic (exact) mass is 296 g/mol. The van der Waals surface area contributed by atoms with E-state index in [1.165, 1.54) is 32.1 Å². The van der Waals surface area contributed by atoms with Crippen LogP contribution in [0, 0.1) is 4.77 Å². The van der Waals surface area contributed by atoms with Crippen LogP contribution in [-0.4, -0.2) is 40.1 Å². The topological polar surface area (TPSA) is 46.1 Å². The molecule has 112 valence electrons. The highest BCUT2D eigenvalue weighted by Gasteiger charge is 2.35. The number of nitrogens with zero attached hydrogens (tertiary/aromatic N) is 3. The Balaban J connectivity index is 1.95. The van der Waals surface area contributed by atoms with Gasteiger partial charge in [0.15, 0.2) is 4.77 Å². The fourth-order valence-corrected chi connectivity index (χ4v) is 3.66. The van der Waals surface area contributed by atoms with E-state index in [-0.39, 0.29) is 5.54 Å². The van der Waals surface area contributed by atoms with E-state index in [0.29, 0.717) is 6.04 Å². The standard InChI is InChI=1S/C14H24N4OS/c1-14(2)10-19-9-8-17(14)12-15-16-13(20)18(12)11-6-4-3-5-7-11/h11H,3-10H2,1-2H3,(H,16,20). The van der Waals surface area contributed by atoms with E-state index >= 15 is 0 Å². The van der Waals surface area contributed by atoms with Crippen LogP contribution in [0.2, 0.25) is 0 Å². The maximum absolute atomic E-state index is 5.61. The largest absolute Gasteiger partial charge is 0.377 e. The Morgan fingerprint density at radius 1 is 1.30 bits per heavy atom. The summed E-state index contributed by atoms with van der Waals surface area (Å²) in [6.45, 7) is 6.77. The zero-order chi connectivity index (χ0) is 14.2. The van der Waals surface area contributed by atoms with Crippen molar-refractivity contribution in [3.05, 3.63) is 4.77 Å². The number of aromatic nitrogens is 3. The lowest BCUT2D eigenvalue weighted by Gasteiger charge is -2.43. The van der Waals surface area contributed by atoms with Crippen LogP contribution in [0.3, 0.4) is 0 Å². The van der Waals surface area contributed by atoms with Crippen molar-refractivity contribution < 1.29 is 4.74 Å². The van der Waals surface area contributed by atoms with Crippen molar-refractivity contribution in [3.63, 3.8) is 0 Å². The van der Waals surface area contributed by atoms with Crippen molar-refractivity contribution in [1.82, 2.24) is 14.8 Å². The Hall–Kier alpha value is -0.880. The molecule has 1 N–H and O–H groups in total. The van der Waals surface area contributed by atoms with Gasteiger partial charge >= 0.3 is 0 Å². The third kappa shape index (κ3) is 2.51. The molecule has 6 heteroatoms. The predicted octanol–water partition coefficient (Wildman–Crippen LogP) is 3.06. The fourth-order valence-electron chi connectivity index (χ4n) is 3.38. The summed E-state index contributed by atoms with van der Waals surface area (Å²) in [5.41, 5.74) is -0.0361. The number of aromatic amines is 1. The highest BCUT2D eigenvalue weighted by molar-refractivity contribution is 7.71.